The Hall–Kier alpha value is -1.59. The molecule has 0 aromatic carbocycles. The van der Waals surface area contributed by atoms with Gasteiger partial charge in [-0.1, -0.05) is 6.92 Å². The molecular formula is C15H25NO5. The van der Waals surface area contributed by atoms with Crippen molar-refractivity contribution in [2.75, 3.05) is 13.1 Å². The van der Waals surface area contributed by atoms with Crippen molar-refractivity contribution in [1.82, 2.24) is 4.90 Å². The van der Waals surface area contributed by atoms with E-state index in [1.165, 1.54) is 4.90 Å². The van der Waals surface area contributed by atoms with E-state index in [0.29, 0.717) is 13.0 Å². The zero-order chi connectivity index (χ0) is 16.3. The molecular weight excluding hydrogens is 274 g/mol. The number of hydrogen-bond donors (Lipinski definition) is 1. The Morgan fingerprint density at radius 1 is 1.33 bits per heavy atom. The van der Waals surface area contributed by atoms with Gasteiger partial charge in [0.2, 0.25) is 0 Å². The molecule has 1 rings (SSSR count). The van der Waals surface area contributed by atoms with E-state index in [-0.39, 0.29) is 31.6 Å². The Kier molecular flexibility index (Phi) is 5.36. The molecule has 1 aliphatic rings. The van der Waals surface area contributed by atoms with Crippen molar-refractivity contribution in [2.24, 2.45) is 5.41 Å². The van der Waals surface area contributed by atoms with Crippen LogP contribution >= 0.6 is 0 Å². The Morgan fingerprint density at radius 3 is 2.43 bits per heavy atom. The summed E-state index contributed by atoms with van der Waals surface area (Å²) in [5, 5.41) is 9.38. The zero-order valence-electron chi connectivity index (χ0n) is 13.3. The molecule has 1 N–H and O–H groups in total. The van der Waals surface area contributed by atoms with Crippen LogP contribution in [0.2, 0.25) is 0 Å². The van der Waals surface area contributed by atoms with Crippen LogP contribution in [0.25, 0.3) is 0 Å². The first kappa shape index (κ1) is 17.5. The second kappa shape index (κ2) is 6.45. The Morgan fingerprint density at radius 2 is 1.95 bits per heavy atom. The third-order valence-electron chi connectivity index (χ3n) is 3.84. The summed E-state index contributed by atoms with van der Waals surface area (Å²) >= 11 is 0. The Bertz CT molecular complexity index is 426. The topological polar surface area (TPSA) is 83.9 Å². The number of carbonyl (C=O) groups excluding carboxylic acids is 2. The Balaban J connectivity index is 2.77. The third kappa shape index (κ3) is 4.19. The summed E-state index contributed by atoms with van der Waals surface area (Å²) in [4.78, 5) is 37.2. The second-order valence-corrected chi connectivity index (χ2v) is 6.48. The van der Waals surface area contributed by atoms with Gasteiger partial charge in [0.25, 0.3) is 0 Å². The molecule has 1 amide bonds. The van der Waals surface area contributed by atoms with Crippen LogP contribution in [-0.2, 0) is 14.3 Å². The predicted molar refractivity (Wildman–Crippen MR) is 77.0 cm³/mol. The second-order valence-electron chi connectivity index (χ2n) is 6.48. The van der Waals surface area contributed by atoms with E-state index in [9.17, 15) is 19.5 Å². The van der Waals surface area contributed by atoms with Gasteiger partial charge in [-0.15, -0.1) is 0 Å². The normalized spacial score (nSPS) is 24.2. The quantitative estimate of drug-likeness (QED) is 0.792. The van der Waals surface area contributed by atoms with Gasteiger partial charge in [0.05, 0.1) is 0 Å². The molecule has 1 heterocycles. The van der Waals surface area contributed by atoms with Crippen molar-refractivity contribution in [3.8, 4) is 0 Å². The molecule has 0 aromatic rings. The van der Waals surface area contributed by atoms with E-state index in [1.807, 2.05) is 0 Å². The van der Waals surface area contributed by atoms with E-state index in [1.54, 1.807) is 27.7 Å². The highest BCUT2D eigenvalue weighted by Gasteiger charge is 2.44. The predicted octanol–water partition coefficient (Wildman–Crippen LogP) is 2.46. The van der Waals surface area contributed by atoms with Crippen LogP contribution < -0.4 is 0 Å². The molecule has 0 aromatic heterocycles. The van der Waals surface area contributed by atoms with Gasteiger partial charge in [0, 0.05) is 19.5 Å². The SMILES string of the molecule is CCC1(C(=O)O)CCCN(C(=O)OC(C)(C)C)CCC1=O. The first-order valence-corrected chi connectivity index (χ1v) is 7.37. The molecule has 1 saturated heterocycles. The van der Waals surface area contributed by atoms with Crippen molar-refractivity contribution >= 4 is 17.8 Å². The maximum atomic E-state index is 12.3. The fourth-order valence-corrected chi connectivity index (χ4v) is 2.56. The molecule has 21 heavy (non-hydrogen) atoms. The lowest BCUT2D eigenvalue weighted by Crippen LogP contribution is -2.46. The summed E-state index contributed by atoms with van der Waals surface area (Å²) in [6.07, 6.45) is 0.629. The minimum absolute atomic E-state index is 0.0549. The van der Waals surface area contributed by atoms with E-state index < -0.39 is 23.1 Å². The molecule has 120 valence electrons. The van der Waals surface area contributed by atoms with Crippen molar-refractivity contribution < 1.29 is 24.2 Å². The lowest BCUT2D eigenvalue weighted by molar-refractivity contribution is -0.156. The summed E-state index contributed by atoms with van der Waals surface area (Å²) < 4.78 is 5.29. The minimum Gasteiger partial charge on any atom is -0.480 e. The summed E-state index contributed by atoms with van der Waals surface area (Å²) in [6, 6.07) is 0. The zero-order valence-corrected chi connectivity index (χ0v) is 13.3. The number of carbonyl (C=O) groups is 3. The number of nitrogens with zero attached hydrogens (tertiary/aromatic N) is 1. The van der Waals surface area contributed by atoms with Gasteiger partial charge in [0.1, 0.15) is 11.0 Å². The molecule has 1 atom stereocenters. The van der Waals surface area contributed by atoms with Gasteiger partial charge in [-0.25, -0.2) is 4.79 Å². The number of Topliss-reactive ketones (excluding diaryl/α,β-unsaturated/α-hetero) is 1. The van der Waals surface area contributed by atoms with Gasteiger partial charge in [-0.2, -0.15) is 0 Å². The molecule has 0 saturated carbocycles. The first-order chi connectivity index (χ1) is 9.62. The lowest BCUT2D eigenvalue weighted by Gasteiger charge is -2.33. The van der Waals surface area contributed by atoms with Gasteiger partial charge in [0.15, 0.2) is 5.78 Å². The molecule has 6 nitrogen and oxygen atoms in total. The fourth-order valence-electron chi connectivity index (χ4n) is 2.56. The summed E-state index contributed by atoms with van der Waals surface area (Å²) in [5.74, 6) is -1.36. The molecule has 0 aliphatic carbocycles. The molecule has 1 fully saturated rings. The van der Waals surface area contributed by atoms with Crippen LogP contribution in [0.5, 0.6) is 0 Å². The van der Waals surface area contributed by atoms with Gasteiger partial charge in [-0.05, 0) is 40.0 Å². The number of hydrogen-bond acceptors (Lipinski definition) is 4. The van der Waals surface area contributed by atoms with Crippen molar-refractivity contribution in [3.63, 3.8) is 0 Å². The number of likely N-dealkylation sites (tertiary alicyclic amines) is 1. The maximum absolute atomic E-state index is 12.3. The average Bonchev–Trinajstić information content (AvgIpc) is 2.32. The maximum Gasteiger partial charge on any atom is 0.410 e. The van der Waals surface area contributed by atoms with Crippen molar-refractivity contribution in [3.05, 3.63) is 0 Å². The van der Waals surface area contributed by atoms with Crippen LogP contribution in [0.1, 0.15) is 53.4 Å². The molecule has 6 heteroatoms. The summed E-state index contributed by atoms with van der Waals surface area (Å²) in [6.45, 7) is 7.70. The number of carboxylic acid groups (broad SMARTS) is 1. The number of aliphatic carboxylic acids is 1. The molecule has 0 bridgehead atoms. The molecule has 1 aliphatic heterocycles. The standard InChI is InChI=1S/C15H25NO5/c1-5-15(12(18)19)8-6-9-16(10-7-11(15)17)13(20)21-14(2,3)4/h5-10H2,1-4H3,(H,18,19). The van der Waals surface area contributed by atoms with Crippen LogP contribution in [0, 0.1) is 5.41 Å². The number of ketones is 1. The number of rotatable bonds is 2. The van der Waals surface area contributed by atoms with Crippen LogP contribution in [0.3, 0.4) is 0 Å². The van der Waals surface area contributed by atoms with E-state index in [4.69, 9.17) is 4.74 Å². The van der Waals surface area contributed by atoms with E-state index in [2.05, 4.69) is 0 Å². The molecule has 0 radical (unpaired) electrons. The fraction of sp³-hybridized carbons (Fsp3) is 0.800. The van der Waals surface area contributed by atoms with Crippen LogP contribution in [-0.4, -0.2) is 46.5 Å². The Labute approximate surface area is 125 Å². The van der Waals surface area contributed by atoms with Gasteiger partial charge in [-0.3, -0.25) is 9.59 Å². The largest absolute Gasteiger partial charge is 0.480 e. The average molecular weight is 299 g/mol. The van der Waals surface area contributed by atoms with Crippen molar-refractivity contribution in [2.45, 2.75) is 59.0 Å². The van der Waals surface area contributed by atoms with Gasteiger partial charge < -0.3 is 14.7 Å². The number of ether oxygens (including phenoxy) is 1. The monoisotopic (exact) mass is 299 g/mol. The molecule has 1 unspecified atom stereocenters. The third-order valence-corrected chi connectivity index (χ3v) is 3.84. The minimum atomic E-state index is -1.29. The highest BCUT2D eigenvalue weighted by molar-refractivity contribution is 6.03. The molecule has 0 spiro atoms. The van der Waals surface area contributed by atoms with Gasteiger partial charge >= 0.3 is 12.1 Å². The lowest BCUT2D eigenvalue weighted by atomic mass is 9.75. The highest BCUT2D eigenvalue weighted by Crippen LogP contribution is 2.33. The smallest absolute Gasteiger partial charge is 0.410 e. The summed E-state index contributed by atoms with van der Waals surface area (Å²) in [7, 11) is 0. The summed E-state index contributed by atoms with van der Waals surface area (Å²) in [5.41, 5.74) is -1.88. The van der Waals surface area contributed by atoms with E-state index in [0.717, 1.165) is 0 Å². The van der Waals surface area contributed by atoms with Crippen molar-refractivity contribution in [1.29, 1.82) is 0 Å². The van der Waals surface area contributed by atoms with E-state index >= 15 is 0 Å². The first-order valence-electron chi connectivity index (χ1n) is 7.37. The van der Waals surface area contributed by atoms with Crippen LogP contribution in [0.15, 0.2) is 0 Å². The van der Waals surface area contributed by atoms with Crippen LogP contribution in [0.4, 0.5) is 4.79 Å². The number of amides is 1. The highest BCUT2D eigenvalue weighted by atomic mass is 16.6. The number of carboxylic acids is 1.